The Bertz CT molecular complexity index is 817. The van der Waals surface area contributed by atoms with E-state index in [2.05, 4.69) is 11.4 Å². The summed E-state index contributed by atoms with van der Waals surface area (Å²) in [6.07, 6.45) is 3.27. The molecular weight excluding hydrogens is 328 g/mol. The van der Waals surface area contributed by atoms with Gasteiger partial charge in [0.2, 0.25) is 0 Å². The lowest BCUT2D eigenvalue weighted by Crippen LogP contribution is -2.47. The lowest BCUT2D eigenvalue weighted by atomic mass is 10.00. The summed E-state index contributed by atoms with van der Waals surface area (Å²) in [5.74, 6) is 0.132. The van der Waals surface area contributed by atoms with Crippen LogP contribution in [0.1, 0.15) is 41.6 Å². The van der Waals surface area contributed by atoms with Gasteiger partial charge in [-0.05, 0) is 49.9 Å². The maximum atomic E-state index is 12.3. The highest BCUT2D eigenvalue weighted by Gasteiger charge is 2.35. The van der Waals surface area contributed by atoms with Crippen LogP contribution in [0, 0.1) is 11.3 Å². The van der Waals surface area contributed by atoms with Crippen molar-refractivity contribution in [3.63, 3.8) is 0 Å². The molecule has 0 bridgehead atoms. The minimum absolute atomic E-state index is 0.0629. The van der Waals surface area contributed by atoms with Crippen LogP contribution < -0.4 is 10.1 Å². The normalized spacial score (nSPS) is 15.0. The molecule has 0 aliphatic heterocycles. The van der Waals surface area contributed by atoms with E-state index in [1.165, 1.54) is 0 Å². The fourth-order valence-corrected chi connectivity index (χ4v) is 3.15. The molecule has 132 valence electrons. The standard InChI is InChI=1S/C21H20N2O3/c22-15-21(12-4-5-13-21)23-19(24)14-26-18-10-8-17(9-11-18)20(25)16-6-2-1-3-7-16/h1-3,6-11H,4-5,12-14H2,(H,23,24). The van der Waals surface area contributed by atoms with Gasteiger partial charge in [0.25, 0.3) is 5.91 Å². The predicted molar refractivity (Wildman–Crippen MR) is 96.8 cm³/mol. The monoisotopic (exact) mass is 348 g/mol. The lowest BCUT2D eigenvalue weighted by Gasteiger charge is -2.21. The fourth-order valence-electron chi connectivity index (χ4n) is 3.15. The largest absolute Gasteiger partial charge is 0.484 e. The maximum absolute atomic E-state index is 12.3. The smallest absolute Gasteiger partial charge is 0.259 e. The molecule has 1 fully saturated rings. The Labute approximate surface area is 152 Å². The Morgan fingerprint density at radius 1 is 1.00 bits per heavy atom. The van der Waals surface area contributed by atoms with Gasteiger partial charge in [0.05, 0.1) is 6.07 Å². The molecule has 1 saturated carbocycles. The number of hydrogen-bond donors (Lipinski definition) is 1. The highest BCUT2D eigenvalue weighted by atomic mass is 16.5. The van der Waals surface area contributed by atoms with E-state index in [1.807, 2.05) is 18.2 Å². The number of ether oxygens (including phenoxy) is 1. The summed E-state index contributed by atoms with van der Waals surface area (Å²) in [6, 6.07) is 17.9. The van der Waals surface area contributed by atoms with Crippen LogP contribution in [0.4, 0.5) is 0 Å². The van der Waals surface area contributed by atoms with Gasteiger partial charge in [-0.3, -0.25) is 9.59 Å². The number of ketones is 1. The highest BCUT2D eigenvalue weighted by Crippen LogP contribution is 2.28. The van der Waals surface area contributed by atoms with Crippen LogP contribution in [0.3, 0.4) is 0 Å². The van der Waals surface area contributed by atoms with Gasteiger partial charge in [-0.2, -0.15) is 5.26 Å². The van der Waals surface area contributed by atoms with E-state index in [4.69, 9.17) is 4.74 Å². The number of hydrogen-bond acceptors (Lipinski definition) is 4. The van der Waals surface area contributed by atoms with E-state index >= 15 is 0 Å². The molecule has 5 nitrogen and oxygen atoms in total. The molecule has 0 unspecified atom stereocenters. The van der Waals surface area contributed by atoms with Crippen LogP contribution in [-0.2, 0) is 4.79 Å². The van der Waals surface area contributed by atoms with Crippen LogP contribution in [0.15, 0.2) is 54.6 Å². The van der Waals surface area contributed by atoms with Crippen LogP contribution in [-0.4, -0.2) is 23.8 Å². The van der Waals surface area contributed by atoms with E-state index in [0.717, 1.165) is 12.8 Å². The summed E-state index contributed by atoms with van der Waals surface area (Å²) in [5.41, 5.74) is 0.438. The molecular formula is C21H20N2O3. The van der Waals surface area contributed by atoms with E-state index < -0.39 is 5.54 Å². The number of carbonyl (C=O) groups excluding carboxylic acids is 2. The Balaban J connectivity index is 1.55. The minimum Gasteiger partial charge on any atom is -0.484 e. The molecule has 2 aromatic rings. The van der Waals surface area contributed by atoms with Crippen molar-refractivity contribution in [1.29, 1.82) is 5.26 Å². The second-order valence-electron chi connectivity index (χ2n) is 6.46. The van der Waals surface area contributed by atoms with E-state index in [1.54, 1.807) is 36.4 Å². The average Bonchev–Trinajstić information content (AvgIpc) is 3.16. The molecule has 0 aromatic heterocycles. The first-order valence-electron chi connectivity index (χ1n) is 8.67. The Hall–Kier alpha value is -3.13. The number of rotatable bonds is 6. The molecule has 1 aliphatic carbocycles. The third-order valence-electron chi connectivity index (χ3n) is 4.57. The summed E-state index contributed by atoms with van der Waals surface area (Å²) in [4.78, 5) is 24.4. The topological polar surface area (TPSA) is 79.2 Å². The molecule has 1 aliphatic rings. The second kappa shape index (κ2) is 7.83. The summed E-state index contributed by atoms with van der Waals surface area (Å²) in [7, 11) is 0. The molecule has 1 amide bonds. The van der Waals surface area contributed by atoms with Crippen molar-refractivity contribution in [3.05, 3.63) is 65.7 Å². The summed E-state index contributed by atoms with van der Waals surface area (Å²) >= 11 is 0. The maximum Gasteiger partial charge on any atom is 0.259 e. The van der Waals surface area contributed by atoms with E-state index in [9.17, 15) is 14.9 Å². The van der Waals surface area contributed by atoms with E-state index in [0.29, 0.717) is 29.7 Å². The van der Waals surface area contributed by atoms with Crippen LogP contribution in [0.25, 0.3) is 0 Å². The van der Waals surface area contributed by atoms with Crippen molar-refractivity contribution in [3.8, 4) is 11.8 Å². The van der Waals surface area contributed by atoms with Crippen molar-refractivity contribution in [2.24, 2.45) is 0 Å². The zero-order valence-corrected chi connectivity index (χ0v) is 14.4. The molecule has 0 saturated heterocycles. The van der Waals surface area contributed by atoms with Crippen molar-refractivity contribution < 1.29 is 14.3 Å². The van der Waals surface area contributed by atoms with Gasteiger partial charge < -0.3 is 10.1 Å². The summed E-state index contributed by atoms with van der Waals surface area (Å²) in [5, 5.41) is 12.1. The van der Waals surface area contributed by atoms with Gasteiger partial charge in [0.1, 0.15) is 11.3 Å². The van der Waals surface area contributed by atoms with Crippen LogP contribution >= 0.6 is 0 Å². The minimum atomic E-state index is -0.744. The van der Waals surface area contributed by atoms with Crippen molar-refractivity contribution >= 4 is 11.7 Å². The van der Waals surface area contributed by atoms with Crippen molar-refractivity contribution in [2.75, 3.05) is 6.61 Å². The summed E-state index contributed by atoms with van der Waals surface area (Å²) in [6.45, 7) is -0.157. The highest BCUT2D eigenvalue weighted by molar-refractivity contribution is 6.08. The molecule has 0 atom stereocenters. The lowest BCUT2D eigenvalue weighted by molar-refractivity contribution is -0.124. The van der Waals surface area contributed by atoms with Gasteiger partial charge in [0, 0.05) is 11.1 Å². The molecule has 2 aromatic carbocycles. The van der Waals surface area contributed by atoms with Gasteiger partial charge in [-0.25, -0.2) is 0 Å². The molecule has 0 radical (unpaired) electrons. The Morgan fingerprint density at radius 2 is 1.62 bits per heavy atom. The molecule has 1 N–H and O–H groups in total. The van der Waals surface area contributed by atoms with Crippen molar-refractivity contribution in [2.45, 2.75) is 31.2 Å². The number of amides is 1. The number of nitrogens with zero attached hydrogens (tertiary/aromatic N) is 1. The molecule has 0 heterocycles. The molecule has 3 rings (SSSR count). The quantitative estimate of drug-likeness (QED) is 0.813. The van der Waals surface area contributed by atoms with Gasteiger partial charge in [-0.1, -0.05) is 30.3 Å². The number of nitrogens with one attached hydrogen (secondary N) is 1. The third-order valence-corrected chi connectivity index (χ3v) is 4.57. The molecule has 5 heteroatoms. The third kappa shape index (κ3) is 4.09. The Kier molecular flexibility index (Phi) is 5.33. The van der Waals surface area contributed by atoms with Crippen LogP contribution in [0.2, 0.25) is 0 Å². The predicted octanol–water partition coefficient (Wildman–Crippen LogP) is 3.25. The van der Waals surface area contributed by atoms with Gasteiger partial charge >= 0.3 is 0 Å². The van der Waals surface area contributed by atoms with Gasteiger partial charge in [-0.15, -0.1) is 0 Å². The average molecular weight is 348 g/mol. The number of carbonyl (C=O) groups is 2. The van der Waals surface area contributed by atoms with Crippen molar-refractivity contribution in [1.82, 2.24) is 5.32 Å². The first-order chi connectivity index (χ1) is 12.6. The second-order valence-corrected chi connectivity index (χ2v) is 6.46. The van der Waals surface area contributed by atoms with Crippen LogP contribution in [0.5, 0.6) is 5.75 Å². The summed E-state index contributed by atoms with van der Waals surface area (Å²) < 4.78 is 5.48. The molecule has 26 heavy (non-hydrogen) atoms. The SMILES string of the molecule is N#CC1(NC(=O)COc2ccc(C(=O)c3ccccc3)cc2)CCCC1. The zero-order valence-electron chi connectivity index (χ0n) is 14.4. The zero-order chi connectivity index (χ0) is 18.4. The number of benzene rings is 2. The molecule has 0 spiro atoms. The fraction of sp³-hybridized carbons (Fsp3) is 0.286. The Morgan fingerprint density at radius 3 is 2.23 bits per heavy atom. The first kappa shape index (κ1) is 17.7. The number of nitriles is 1. The van der Waals surface area contributed by atoms with E-state index in [-0.39, 0.29) is 18.3 Å². The first-order valence-corrected chi connectivity index (χ1v) is 8.67. The van der Waals surface area contributed by atoms with Gasteiger partial charge in [0.15, 0.2) is 12.4 Å².